The summed E-state index contributed by atoms with van der Waals surface area (Å²) in [6.07, 6.45) is 0. The molecule has 110 valence electrons. The quantitative estimate of drug-likeness (QED) is 0.588. The molecule has 0 radical (unpaired) electrons. The van der Waals surface area contributed by atoms with E-state index in [2.05, 4.69) is 27.4 Å². The highest BCUT2D eigenvalue weighted by atomic mass is 32.2. The number of aromatic nitrogens is 2. The Balaban J connectivity index is 2.33. The van der Waals surface area contributed by atoms with Crippen molar-refractivity contribution in [2.45, 2.75) is 22.5 Å². The second kappa shape index (κ2) is 8.98. The third-order valence-electron chi connectivity index (χ3n) is 1.75. The molecule has 1 rings (SSSR count). The zero-order chi connectivity index (χ0) is 15.0. The summed E-state index contributed by atoms with van der Waals surface area (Å²) < 4.78 is 1.56. The Kier molecular flexibility index (Phi) is 7.63. The molecule has 0 atom stereocenters. The molecular weight excluding hydrogens is 316 g/mol. The molecule has 0 bridgehead atoms. The maximum atomic E-state index is 11.5. The fourth-order valence-corrected chi connectivity index (χ4v) is 3.66. The Morgan fingerprint density at radius 3 is 2.40 bits per heavy atom. The van der Waals surface area contributed by atoms with E-state index >= 15 is 0 Å². The number of nitrogens with one attached hydrogen (secondary N) is 2. The lowest BCUT2D eigenvalue weighted by molar-refractivity contribution is -0.117. The first-order valence-electron chi connectivity index (χ1n) is 5.82. The maximum absolute atomic E-state index is 11.5. The number of hydrogen-bond acceptors (Lipinski definition) is 7. The third-order valence-corrected chi connectivity index (χ3v) is 5.17. The van der Waals surface area contributed by atoms with Crippen LogP contribution in [0.2, 0.25) is 0 Å². The van der Waals surface area contributed by atoms with Crippen molar-refractivity contribution in [3.05, 3.63) is 12.2 Å². The van der Waals surface area contributed by atoms with Gasteiger partial charge in [-0.15, -0.1) is 10.2 Å². The zero-order valence-electron chi connectivity index (χ0n) is 11.3. The van der Waals surface area contributed by atoms with Gasteiger partial charge in [0, 0.05) is 12.3 Å². The summed E-state index contributed by atoms with van der Waals surface area (Å²) in [4.78, 5) is 22.6. The van der Waals surface area contributed by atoms with Gasteiger partial charge in [-0.1, -0.05) is 47.0 Å². The van der Waals surface area contributed by atoms with Gasteiger partial charge < -0.3 is 5.32 Å². The van der Waals surface area contributed by atoms with Gasteiger partial charge in [0.05, 0.1) is 5.75 Å². The molecule has 1 heterocycles. The number of imide groups is 1. The molecule has 1 aromatic rings. The van der Waals surface area contributed by atoms with Crippen LogP contribution in [0.15, 0.2) is 20.8 Å². The molecule has 0 aliphatic carbocycles. The number of nitrogens with zero attached hydrogens (tertiary/aromatic N) is 2. The van der Waals surface area contributed by atoms with Crippen molar-refractivity contribution in [3.8, 4) is 0 Å². The number of hydrogen-bond donors (Lipinski definition) is 2. The number of urea groups is 1. The molecular formula is C11H16N4O2S3. The summed E-state index contributed by atoms with van der Waals surface area (Å²) in [6, 6.07) is -0.479. The largest absolute Gasteiger partial charge is 0.338 e. The summed E-state index contributed by atoms with van der Waals surface area (Å²) in [7, 11) is 0. The van der Waals surface area contributed by atoms with Gasteiger partial charge in [-0.05, 0) is 13.8 Å². The first-order valence-corrected chi connectivity index (χ1v) is 8.61. The van der Waals surface area contributed by atoms with E-state index in [0.29, 0.717) is 10.9 Å². The lowest BCUT2D eigenvalue weighted by Crippen LogP contribution is -2.40. The summed E-state index contributed by atoms with van der Waals surface area (Å²) in [6.45, 7) is 8.03. The van der Waals surface area contributed by atoms with E-state index in [1.807, 2.05) is 6.92 Å². The Bertz CT molecular complexity index is 490. The van der Waals surface area contributed by atoms with E-state index in [-0.39, 0.29) is 11.7 Å². The van der Waals surface area contributed by atoms with Crippen molar-refractivity contribution in [3.63, 3.8) is 0 Å². The third kappa shape index (κ3) is 6.92. The van der Waals surface area contributed by atoms with Crippen molar-refractivity contribution < 1.29 is 9.59 Å². The van der Waals surface area contributed by atoms with Crippen molar-refractivity contribution in [1.29, 1.82) is 0 Å². The summed E-state index contributed by atoms with van der Waals surface area (Å²) >= 11 is 4.26. The first kappa shape index (κ1) is 17.0. The molecule has 20 heavy (non-hydrogen) atoms. The SMILES string of the molecule is C=C(C)CSc1nnc(SCC(=O)NC(=O)NCC)s1. The fraction of sp³-hybridized carbons (Fsp3) is 0.455. The van der Waals surface area contributed by atoms with Crippen LogP contribution in [0.4, 0.5) is 4.79 Å². The first-order chi connectivity index (χ1) is 9.51. The molecule has 6 nitrogen and oxygen atoms in total. The van der Waals surface area contributed by atoms with Crippen LogP contribution in [0.25, 0.3) is 0 Å². The van der Waals surface area contributed by atoms with Crippen LogP contribution in [0.1, 0.15) is 13.8 Å². The lowest BCUT2D eigenvalue weighted by Gasteiger charge is -2.02. The Labute approximate surface area is 130 Å². The van der Waals surface area contributed by atoms with Gasteiger partial charge in [0.1, 0.15) is 0 Å². The Morgan fingerprint density at radius 1 is 1.25 bits per heavy atom. The van der Waals surface area contributed by atoms with Crippen LogP contribution in [-0.2, 0) is 4.79 Å². The smallest absolute Gasteiger partial charge is 0.321 e. The van der Waals surface area contributed by atoms with Gasteiger partial charge in [0.2, 0.25) is 5.91 Å². The molecule has 0 aliphatic rings. The van der Waals surface area contributed by atoms with Gasteiger partial charge in [0.15, 0.2) is 8.68 Å². The summed E-state index contributed by atoms with van der Waals surface area (Å²) in [5.41, 5.74) is 1.07. The minimum absolute atomic E-state index is 0.136. The van der Waals surface area contributed by atoms with Gasteiger partial charge in [-0.3, -0.25) is 10.1 Å². The molecule has 1 aromatic heterocycles. The molecule has 0 fully saturated rings. The van der Waals surface area contributed by atoms with E-state index in [1.165, 1.54) is 23.1 Å². The predicted octanol–water partition coefficient (Wildman–Crippen LogP) is 2.14. The average molecular weight is 332 g/mol. The van der Waals surface area contributed by atoms with Crippen LogP contribution >= 0.6 is 34.9 Å². The highest BCUT2D eigenvalue weighted by Gasteiger charge is 2.10. The molecule has 3 amide bonds. The standard InChI is InChI=1S/C11H16N4O2S3/c1-4-12-9(17)13-8(16)6-19-11-15-14-10(20-11)18-5-7(2)3/h2,4-6H2,1,3H3,(H2,12,13,16,17). The molecule has 0 aliphatic heterocycles. The molecule has 0 spiro atoms. The Hall–Kier alpha value is -1.06. The molecule has 0 saturated heterocycles. The van der Waals surface area contributed by atoms with Crippen molar-refractivity contribution in [1.82, 2.24) is 20.8 Å². The minimum atomic E-state index is -0.479. The molecule has 2 N–H and O–H groups in total. The van der Waals surface area contributed by atoms with E-state index in [1.54, 1.807) is 18.7 Å². The van der Waals surface area contributed by atoms with Crippen LogP contribution in [0, 0.1) is 0 Å². The highest BCUT2D eigenvalue weighted by Crippen LogP contribution is 2.29. The molecule has 0 saturated carbocycles. The fourth-order valence-electron chi connectivity index (χ4n) is 0.994. The summed E-state index contributed by atoms with van der Waals surface area (Å²) in [5.74, 6) is 0.584. The second-order valence-electron chi connectivity index (χ2n) is 3.78. The second-order valence-corrected chi connectivity index (χ2v) is 7.20. The zero-order valence-corrected chi connectivity index (χ0v) is 13.7. The van der Waals surface area contributed by atoms with Crippen molar-refractivity contribution in [2.24, 2.45) is 0 Å². The molecule has 0 aromatic carbocycles. The highest BCUT2D eigenvalue weighted by molar-refractivity contribution is 8.03. The molecule has 0 unspecified atom stereocenters. The predicted molar refractivity (Wildman–Crippen MR) is 83.4 cm³/mol. The van der Waals surface area contributed by atoms with Gasteiger partial charge >= 0.3 is 6.03 Å². The summed E-state index contributed by atoms with van der Waals surface area (Å²) in [5, 5.41) is 12.7. The van der Waals surface area contributed by atoms with Gasteiger partial charge in [0.25, 0.3) is 0 Å². The lowest BCUT2D eigenvalue weighted by atomic mass is 10.4. The number of carbonyl (C=O) groups excluding carboxylic acids is 2. The van der Waals surface area contributed by atoms with Crippen LogP contribution in [-0.4, -0.2) is 40.2 Å². The van der Waals surface area contributed by atoms with Gasteiger partial charge in [-0.25, -0.2) is 4.79 Å². The number of amides is 3. The van der Waals surface area contributed by atoms with Gasteiger partial charge in [-0.2, -0.15) is 0 Å². The Morgan fingerprint density at radius 2 is 1.85 bits per heavy atom. The maximum Gasteiger partial charge on any atom is 0.321 e. The van der Waals surface area contributed by atoms with Crippen LogP contribution in [0.3, 0.4) is 0 Å². The van der Waals surface area contributed by atoms with E-state index in [9.17, 15) is 9.59 Å². The van der Waals surface area contributed by atoms with Crippen LogP contribution in [0.5, 0.6) is 0 Å². The minimum Gasteiger partial charge on any atom is -0.338 e. The van der Waals surface area contributed by atoms with Crippen LogP contribution < -0.4 is 10.6 Å². The number of carbonyl (C=O) groups is 2. The normalized spacial score (nSPS) is 10.1. The van der Waals surface area contributed by atoms with Crippen molar-refractivity contribution in [2.75, 3.05) is 18.1 Å². The van der Waals surface area contributed by atoms with E-state index in [4.69, 9.17) is 0 Å². The monoisotopic (exact) mass is 332 g/mol. The topological polar surface area (TPSA) is 84.0 Å². The van der Waals surface area contributed by atoms with Crippen molar-refractivity contribution >= 4 is 46.8 Å². The average Bonchev–Trinajstić information content (AvgIpc) is 2.82. The van der Waals surface area contributed by atoms with E-state index in [0.717, 1.165) is 15.7 Å². The van der Waals surface area contributed by atoms with E-state index < -0.39 is 6.03 Å². The number of thioether (sulfide) groups is 2. The number of rotatable bonds is 7. The molecule has 9 heteroatoms.